The standard InChI is InChI=1S/C17H24N4O/c1-12-16(13(2)20-19-12)9-10-18-17(22)11-14-5-7-15(8-6-14)21(3)4/h5-8H,9-11H2,1-4H3,(H,18,22)(H,19,20). The summed E-state index contributed by atoms with van der Waals surface area (Å²) in [5.41, 5.74) is 5.43. The smallest absolute Gasteiger partial charge is 0.224 e. The van der Waals surface area contributed by atoms with Crippen LogP contribution in [0.4, 0.5) is 5.69 Å². The molecule has 0 saturated carbocycles. The molecule has 0 aliphatic heterocycles. The monoisotopic (exact) mass is 300 g/mol. The zero-order valence-corrected chi connectivity index (χ0v) is 13.7. The van der Waals surface area contributed by atoms with Crippen molar-refractivity contribution in [2.24, 2.45) is 0 Å². The summed E-state index contributed by atoms with van der Waals surface area (Å²) in [6.07, 6.45) is 1.22. The van der Waals surface area contributed by atoms with E-state index in [0.29, 0.717) is 13.0 Å². The highest BCUT2D eigenvalue weighted by Gasteiger charge is 2.07. The molecule has 0 unspecified atom stereocenters. The minimum Gasteiger partial charge on any atom is -0.378 e. The lowest BCUT2D eigenvalue weighted by molar-refractivity contribution is -0.120. The van der Waals surface area contributed by atoms with Crippen molar-refractivity contribution in [2.75, 3.05) is 25.5 Å². The number of nitrogens with one attached hydrogen (secondary N) is 2. The van der Waals surface area contributed by atoms with Crippen LogP contribution in [-0.2, 0) is 17.6 Å². The second-order valence-corrected chi connectivity index (χ2v) is 5.75. The maximum absolute atomic E-state index is 12.0. The summed E-state index contributed by atoms with van der Waals surface area (Å²) in [6.45, 7) is 4.62. The molecule has 0 bridgehead atoms. The van der Waals surface area contributed by atoms with Gasteiger partial charge >= 0.3 is 0 Å². The van der Waals surface area contributed by atoms with Gasteiger partial charge < -0.3 is 10.2 Å². The molecule has 0 spiro atoms. The lowest BCUT2D eigenvalue weighted by atomic mass is 10.1. The Morgan fingerprint density at radius 1 is 1.23 bits per heavy atom. The van der Waals surface area contributed by atoms with Gasteiger partial charge in [0.2, 0.25) is 5.91 Å². The lowest BCUT2D eigenvalue weighted by Crippen LogP contribution is -2.27. The number of benzene rings is 1. The summed E-state index contributed by atoms with van der Waals surface area (Å²) in [4.78, 5) is 14.0. The highest BCUT2D eigenvalue weighted by molar-refractivity contribution is 5.78. The van der Waals surface area contributed by atoms with Gasteiger partial charge in [-0.05, 0) is 43.5 Å². The highest BCUT2D eigenvalue weighted by atomic mass is 16.1. The number of aryl methyl sites for hydroxylation is 2. The van der Waals surface area contributed by atoms with E-state index in [2.05, 4.69) is 15.5 Å². The first-order chi connectivity index (χ1) is 10.5. The van der Waals surface area contributed by atoms with Crippen LogP contribution in [0.15, 0.2) is 24.3 Å². The fourth-order valence-corrected chi connectivity index (χ4v) is 2.43. The largest absolute Gasteiger partial charge is 0.378 e. The summed E-state index contributed by atoms with van der Waals surface area (Å²) in [5, 5.41) is 10.1. The molecule has 2 aromatic rings. The van der Waals surface area contributed by atoms with Crippen LogP contribution in [0.5, 0.6) is 0 Å². The van der Waals surface area contributed by atoms with Crippen LogP contribution in [0.3, 0.4) is 0 Å². The Hall–Kier alpha value is -2.30. The molecule has 0 aliphatic rings. The Labute approximate surface area is 131 Å². The lowest BCUT2D eigenvalue weighted by Gasteiger charge is -2.12. The number of carbonyl (C=O) groups excluding carboxylic acids is 1. The van der Waals surface area contributed by atoms with Crippen molar-refractivity contribution in [1.29, 1.82) is 0 Å². The summed E-state index contributed by atoms with van der Waals surface area (Å²) < 4.78 is 0. The van der Waals surface area contributed by atoms with E-state index in [4.69, 9.17) is 0 Å². The Morgan fingerprint density at radius 3 is 2.45 bits per heavy atom. The van der Waals surface area contributed by atoms with Crippen LogP contribution in [0.25, 0.3) is 0 Å². The first-order valence-electron chi connectivity index (χ1n) is 7.50. The van der Waals surface area contributed by atoms with E-state index in [-0.39, 0.29) is 5.91 Å². The van der Waals surface area contributed by atoms with Crippen molar-refractivity contribution in [3.63, 3.8) is 0 Å². The summed E-state index contributed by atoms with van der Waals surface area (Å²) >= 11 is 0. The van der Waals surface area contributed by atoms with Crippen LogP contribution in [0.2, 0.25) is 0 Å². The number of aromatic nitrogens is 2. The third-order valence-corrected chi connectivity index (χ3v) is 3.80. The second-order valence-electron chi connectivity index (χ2n) is 5.75. The van der Waals surface area contributed by atoms with Gasteiger partial charge in [-0.3, -0.25) is 9.89 Å². The number of nitrogens with zero attached hydrogens (tertiary/aromatic N) is 2. The predicted octanol–water partition coefficient (Wildman–Crippen LogP) is 1.99. The Kier molecular flexibility index (Phi) is 5.20. The molecular formula is C17H24N4O. The van der Waals surface area contributed by atoms with Gasteiger partial charge in [0.1, 0.15) is 0 Å². The average Bonchev–Trinajstić information content (AvgIpc) is 2.79. The van der Waals surface area contributed by atoms with Gasteiger partial charge in [0.05, 0.1) is 12.1 Å². The van der Waals surface area contributed by atoms with Crippen molar-refractivity contribution in [1.82, 2.24) is 15.5 Å². The average molecular weight is 300 g/mol. The van der Waals surface area contributed by atoms with E-state index in [0.717, 1.165) is 29.1 Å². The molecule has 0 atom stereocenters. The molecule has 22 heavy (non-hydrogen) atoms. The Balaban J connectivity index is 1.80. The topological polar surface area (TPSA) is 61.0 Å². The molecule has 118 valence electrons. The Bertz CT molecular complexity index is 609. The molecule has 1 amide bonds. The quantitative estimate of drug-likeness (QED) is 0.857. The van der Waals surface area contributed by atoms with Crippen molar-refractivity contribution < 1.29 is 4.79 Å². The minimum atomic E-state index is 0.0522. The molecule has 1 aromatic heterocycles. The first-order valence-corrected chi connectivity index (χ1v) is 7.50. The fourth-order valence-electron chi connectivity index (χ4n) is 2.43. The molecule has 2 N–H and O–H groups in total. The first kappa shape index (κ1) is 16.1. The molecule has 0 radical (unpaired) electrons. The van der Waals surface area contributed by atoms with E-state index in [1.807, 2.05) is 57.1 Å². The Morgan fingerprint density at radius 2 is 1.91 bits per heavy atom. The van der Waals surface area contributed by atoms with E-state index in [9.17, 15) is 4.79 Å². The number of aromatic amines is 1. The molecule has 0 aliphatic carbocycles. The van der Waals surface area contributed by atoms with Crippen LogP contribution < -0.4 is 10.2 Å². The van der Waals surface area contributed by atoms with Crippen molar-refractivity contribution in [3.05, 3.63) is 46.8 Å². The SMILES string of the molecule is Cc1n[nH]c(C)c1CCNC(=O)Cc1ccc(N(C)C)cc1. The minimum absolute atomic E-state index is 0.0522. The zero-order valence-electron chi connectivity index (χ0n) is 13.7. The normalized spacial score (nSPS) is 10.5. The molecule has 0 fully saturated rings. The van der Waals surface area contributed by atoms with E-state index in [1.165, 1.54) is 5.56 Å². The summed E-state index contributed by atoms with van der Waals surface area (Å²) in [5.74, 6) is 0.0522. The van der Waals surface area contributed by atoms with Crippen LogP contribution in [0.1, 0.15) is 22.5 Å². The number of H-pyrrole nitrogens is 1. The predicted molar refractivity (Wildman–Crippen MR) is 89.2 cm³/mol. The number of rotatable bonds is 6. The summed E-state index contributed by atoms with van der Waals surface area (Å²) in [7, 11) is 4.00. The van der Waals surface area contributed by atoms with Gasteiger partial charge in [-0.15, -0.1) is 0 Å². The van der Waals surface area contributed by atoms with Crippen LogP contribution in [-0.4, -0.2) is 36.7 Å². The maximum atomic E-state index is 12.0. The number of hydrogen-bond donors (Lipinski definition) is 2. The molecule has 2 rings (SSSR count). The molecule has 0 saturated heterocycles. The van der Waals surface area contributed by atoms with Gasteiger partial charge in [0, 0.05) is 32.0 Å². The van der Waals surface area contributed by atoms with Gasteiger partial charge in [-0.2, -0.15) is 5.10 Å². The summed E-state index contributed by atoms with van der Waals surface area (Å²) in [6, 6.07) is 8.06. The number of anilines is 1. The van der Waals surface area contributed by atoms with Crippen molar-refractivity contribution in [3.8, 4) is 0 Å². The second kappa shape index (κ2) is 7.11. The molecular weight excluding hydrogens is 276 g/mol. The van der Waals surface area contributed by atoms with E-state index >= 15 is 0 Å². The van der Waals surface area contributed by atoms with Gasteiger partial charge in [-0.25, -0.2) is 0 Å². The van der Waals surface area contributed by atoms with Crippen molar-refractivity contribution in [2.45, 2.75) is 26.7 Å². The molecule has 1 aromatic carbocycles. The van der Waals surface area contributed by atoms with E-state index < -0.39 is 0 Å². The molecule has 5 nitrogen and oxygen atoms in total. The van der Waals surface area contributed by atoms with E-state index in [1.54, 1.807) is 0 Å². The zero-order chi connectivity index (χ0) is 16.1. The molecule has 1 heterocycles. The fraction of sp³-hybridized carbons (Fsp3) is 0.412. The highest BCUT2D eigenvalue weighted by Crippen LogP contribution is 2.12. The number of amides is 1. The van der Waals surface area contributed by atoms with Crippen molar-refractivity contribution >= 4 is 11.6 Å². The van der Waals surface area contributed by atoms with Crippen LogP contribution >= 0.6 is 0 Å². The maximum Gasteiger partial charge on any atom is 0.224 e. The number of carbonyl (C=O) groups is 1. The van der Waals surface area contributed by atoms with Gasteiger partial charge in [0.15, 0.2) is 0 Å². The van der Waals surface area contributed by atoms with Gasteiger partial charge in [-0.1, -0.05) is 12.1 Å². The van der Waals surface area contributed by atoms with Crippen LogP contribution in [0, 0.1) is 13.8 Å². The number of hydrogen-bond acceptors (Lipinski definition) is 3. The third kappa shape index (κ3) is 4.10. The third-order valence-electron chi connectivity index (χ3n) is 3.80. The van der Waals surface area contributed by atoms with Gasteiger partial charge in [0.25, 0.3) is 0 Å². The molecule has 5 heteroatoms.